The van der Waals surface area contributed by atoms with E-state index in [1.54, 1.807) is 36.3 Å². The molecule has 21 heavy (non-hydrogen) atoms. The number of carbonyl (C=O) groups is 2. The van der Waals surface area contributed by atoms with Crippen LogP contribution < -0.4 is 10.1 Å². The van der Waals surface area contributed by atoms with Crippen LogP contribution in [-0.2, 0) is 0 Å². The number of likely N-dealkylation sites (tertiary alicyclic amines) is 1. The number of piperidine rings is 1. The molecule has 2 rings (SSSR count). The fourth-order valence-electron chi connectivity index (χ4n) is 2.68. The van der Waals surface area contributed by atoms with Gasteiger partial charge in [0.15, 0.2) is 0 Å². The summed E-state index contributed by atoms with van der Waals surface area (Å²) in [7, 11) is 1.57. The number of nitrogens with one attached hydrogen (secondary N) is 1. The largest absolute Gasteiger partial charge is 0.497 e. The van der Waals surface area contributed by atoms with Crippen molar-refractivity contribution in [1.29, 1.82) is 0 Å². The van der Waals surface area contributed by atoms with Crippen LogP contribution in [0.4, 0.5) is 4.79 Å². The quantitative estimate of drug-likeness (QED) is 0.931. The SMILES string of the molecule is CCC1CCCCN1C(=O)NC(=O)c1ccc(OC)cc1. The van der Waals surface area contributed by atoms with Crippen LogP contribution in [0.1, 0.15) is 43.0 Å². The monoisotopic (exact) mass is 290 g/mol. The zero-order valence-corrected chi connectivity index (χ0v) is 12.6. The minimum Gasteiger partial charge on any atom is -0.497 e. The first-order chi connectivity index (χ1) is 10.2. The average molecular weight is 290 g/mol. The van der Waals surface area contributed by atoms with Crippen molar-refractivity contribution in [2.75, 3.05) is 13.7 Å². The Morgan fingerprint density at radius 1 is 1.29 bits per heavy atom. The maximum Gasteiger partial charge on any atom is 0.324 e. The van der Waals surface area contributed by atoms with E-state index in [2.05, 4.69) is 12.2 Å². The summed E-state index contributed by atoms with van der Waals surface area (Å²) in [5, 5.41) is 2.47. The van der Waals surface area contributed by atoms with Crippen molar-refractivity contribution in [3.8, 4) is 5.75 Å². The smallest absolute Gasteiger partial charge is 0.324 e. The molecule has 3 amide bonds. The molecule has 1 aromatic carbocycles. The van der Waals surface area contributed by atoms with Gasteiger partial charge in [0.05, 0.1) is 7.11 Å². The molecule has 0 aromatic heterocycles. The second-order valence-electron chi connectivity index (χ2n) is 5.24. The third-order valence-electron chi connectivity index (χ3n) is 3.93. The Morgan fingerprint density at radius 3 is 2.62 bits per heavy atom. The van der Waals surface area contributed by atoms with Gasteiger partial charge in [0.25, 0.3) is 5.91 Å². The first-order valence-electron chi connectivity index (χ1n) is 7.41. The zero-order valence-electron chi connectivity index (χ0n) is 12.6. The molecule has 1 saturated heterocycles. The van der Waals surface area contributed by atoms with E-state index in [-0.39, 0.29) is 18.0 Å². The second-order valence-corrected chi connectivity index (χ2v) is 5.24. The van der Waals surface area contributed by atoms with E-state index < -0.39 is 0 Å². The van der Waals surface area contributed by atoms with Crippen LogP contribution in [-0.4, -0.2) is 36.5 Å². The van der Waals surface area contributed by atoms with Crippen LogP contribution in [0.2, 0.25) is 0 Å². The summed E-state index contributed by atoms with van der Waals surface area (Å²) in [5.74, 6) is 0.308. The molecule has 0 bridgehead atoms. The van der Waals surface area contributed by atoms with Crippen LogP contribution >= 0.6 is 0 Å². The lowest BCUT2D eigenvalue weighted by molar-refractivity contribution is 0.0933. The molecule has 1 N–H and O–H groups in total. The Hall–Kier alpha value is -2.04. The van der Waals surface area contributed by atoms with Crippen molar-refractivity contribution in [3.05, 3.63) is 29.8 Å². The van der Waals surface area contributed by atoms with Gasteiger partial charge in [-0.05, 0) is 49.9 Å². The summed E-state index contributed by atoms with van der Waals surface area (Å²) in [6.07, 6.45) is 4.08. The highest BCUT2D eigenvalue weighted by Crippen LogP contribution is 2.19. The third-order valence-corrected chi connectivity index (χ3v) is 3.93. The molecular weight excluding hydrogens is 268 g/mol. The van der Waals surface area contributed by atoms with E-state index in [1.807, 2.05) is 0 Å². The minimum atomic E-state index is -0.372. The average Bonchev–Trinajstić information content (AvgIpc) is 2.54. The van der Waals surface area contributed by atoms with E-state index in [1.165, 1.54) is 0 Å². The number of urea groups is 1. The van der Waals surface area contributed by atoms with E-state index in [0.29, 0.717) is 11.3 Å². The van der Waals surface area contributed by atoms with E-state index >= 15 is 0 Å². The molecule has 0 radical (unpaired) electrons. The maximum atomic E-state index is 12.2. The number of hydrogen-bond donors (Lipinski definition) is 1. The molecule has 0 aliphatic carbocycles. The first-order valence-corrected chi connectivity index (χ1v) is 7.41. The summed E-state index contributed by atoms with van der Waals surface area (Å²) in [4.78, 5) is 26.1. The van der Waals surface area contributed by atoms with Crippen molar-refractivity contribution in [2.24, 2.45) is 0 Å². The molecule has 0 saturated carbocycles. The lowest BCUT2D eigenvalue weighted by atomic mass is 10.0. The molecule has 1 atom stereocenters. The van der Waals surface area contributed by atoms with E-state index in [9.17, 15) is 9.59 Å². The molecule has 0 spiro atoms. The third kappa shape index (κ3) is 3.74. The number of benzene rings is 1. The van der Waals surface area contributed by atoms with Crippen LogP contribution in [0.25, 0.3) is 0 Å². The van der Waals surface area contributed by atoms with Gasteiger partial charge in [-0.15, -0.1) is 0 Å². The predicted molar refractivity (Wildman–Crippen MR) is 80.5 cm³/mol. The van der Waals surface area contributed by atoms with Crippen LogP contribution in [0.15, 0.2) is 24.3 Å². The summed E-state index contributed by atoms with van der Waals surface area (Å²) < 4.78 is 5.05. The van der Waals surface area contributed by atoms with Gasteiger partial charge in [0.2, 0.25) is 0 Å². The number of ether oxygens (including phenoxy) is 1. The highest BCUT2D eigenvalue weighted by Gasteiger charge is 2.26. The summed E-state index contributed by atoms with van der Waals surface area (Å²) in [6.45, 7) is 2.79. The van der Waals surface area contributed by atoms with Gasteiger partial charge < -0.3 is 9.64 Å². The first kappa shape index (κ1) is 15.4. The fraction of sp³-hybridized carbons (Fsp3) is 0.500. The normalized spacial score (nSPS) is 18.2. The topological polar surface area (TPSA) is 58.6 Å². The van der Waals surface area contributed by atoms with Crippen molar-refractivity contribution < 1.29 is 14.3 Å². The summed E-state index contributed by atoms with van der Waals surface area (Å²) >= 11 is 0. The fourth-order valence-corrected chi connectivity index (χ4v) is 2.68. The molecule has 5 nitrogen and oxygen atoms in total. The summed E-state index contributed by atoms with van der Waals surface area (Å²) in [5.41, 5.74) is 0.453. The summed E-state index contributed by atoms with van der Waals surface area (Å²) in [6, 6.07) is 6.65. The van der Waals surface area contributed by atoms with Gasteiger partial charge in [-0.2, -0.15) is 0 Å². The Balaban J connectivity index is 1.98. The highest BCUT2D eigenvalue weighted by molar-refractivity contribution is 6.04. The minimum absolute atomic E-state index is 0.238. The zero-order chi connectivity index (χ0) is 15.2. The number of nitrogens with zero attached hydrogens (tertiary/aromatic N) is 1. The lowest BCUT2D eigenvalue weighted by Crippen LogP contribution is -2.50. The maximum absolute atomic E-state index is 12.2. The Morgan fingerprint density at radius 2 is 2.00 bits per heavy atom. The molecule has 1 aromatic rings. The molecule has 1 aliphatic rings. The molecule has 1 heterocycles. The standard InChI is InChI=1S/C16H22N2O3/c1-3-13-6-4-5-11-18(13)16(20)17-15(19)12-7-9-14(21-2)10-8-12/h7-10,13H,3-6,11H2,1-2H3,(H,17,19,20). The number of rotatable bonds is 3. The van der Waals surface area contributed by atoms with Gasteiger partial charge in [0.1, 0.15) is 5.75 Å². The lowest BCUT2D eigenvalue weighted by Gasteiger charge is -2.34. The number of methoxy groups -OCH3 is 1. The van der Waals surface area contributed by atoms with Crippen molar-refractivity contribution in [1.82, 2.24) is 10.2 Å². The van der Waals surface area contributed by atoms with Crippen molar-refractivity contribution >= 4 is 11.9 Å². The van der Waals surface area contributed by atoms with Crippen LogP contribution in [0, 0.1) is 0 Å². The molecule has 1 aliphatic heterocycles. The Labute approximate surface area is 125 Å². The number of carbonyl (C=O) groups excluding carboxylic acids is 2. The van der Waals surface area contributed by atoms with Gasteiger partial charge in [-0.25, -0.2) is 4.79 Å². The Kier molecular flexibility index (Phi) is 5.20. The second kappa shape index (κ2) is 7.11. The van der Waals surface area contributed by atoms with Gasteiger partial charge in [0, 0.05) is 18.2 Å². The predicted octanol–water partition coefficient (Wildman–Crippen LogP) is 2.81. The van der Waals surface area contributed by atoms with Crippen molar-refractivity contribution in [3.63, 3.8) is 0 Å². The number of imide groups is 1. The molecule has 5 heteroatoms. The van der Waals surface area contributed by atoms with Gasteiger partial charge in [-0.1, -0.05) is 6.92 Å². The molecule has 1 unspecified atom stereocenters. The van der Waals surface area contributed by atoms with Crippen LogP contribution in [0.3, 0.4) is 0 Å². The molecule has 114 valence electrons. The van der Waals surface area contributed by atoms with Crippen molar-refractivity contribution in [2.45, 2.75) is 38.6 Å². The van der Waals surface area contributed by atoms with Gasteiger partial charge in [-0.3, -0.25) is 10.1 Å². The van der Waals surface area contributed by atoms with Gasteiger partial charge >= 0.3 is 6.03 Å². The molecular formula is C16H22N2O3. The Bertz CT molecular complexity index is 499. The van der Waals surface area contributed by atoms with Crippen LogP contribution in [0.5, 0.6) is 5.75 Å². The highest BCUT2D eigenvalue weighted by atomic mass is 16.5. The molecule has 1 fully saturated rings. The van der Waals surface area contributed by atoms with E-state index in [4.69, 9.17) is 4.74 Å². The number of hydrogen-bond acceptors (Lipinski definition) is 3. The number of amides is 3. The van der Waals surface area contributed by atoms with E-state index in [0.717, 1.165) is 32.2 Å².